The summed E-state index contributed by atoms with van der Waals surface area (Å²) in [5.41, 5.74) is 4.56. The van der Waals surface area contributed by atoms with Crippen LogP contribution in [-0.2, 0) is 6.54 Å². The van der Waals surface area contributed by atoms with Gasteiger partial charge in [0.15, 0.2) is 5.82 Å². The number of nitrogens with zero attached hydrogens (tertiary/aromatic N) is 3. The third-order valence-corrected chi connectivity index (χ3v) is 3.76. The second kappa shape index (κ2) is 5.84. The lowest BCUT2D eigenvalue weighted by Crippen LogP contribution is -2.15. The lowest BCUT2D eigenvalue weighted by molar-refractivity contribution is 0.704. The maximum absolute atomic E-state index is 4.59. The molecule has 4 nitrogen and oxygen atoms in total. The van der Waals surface area contributed by atoms with Gasteiger partial charge in [-0.3, -0.25) is 0 Å². The predicted molar refractivity (Wildman–Crippen MR) is 80.7 cm³/mol. The largest absolute Gasteiger partial charge is 0.313 e. The minimum Gasteiger partial charge on any atom is -0.313 e. The molecule has 2 aromatic heterocycles. The molecule has 19 heavy (non-hydrogen) atoms. The highest BCUT2D eigenvalue weighted by Crippen LogP contribution is 2.21. The van der Waals surface area contributed by atoms with Gasteiger partial charge in [0.25, 0.3) is 0 Å². The lowest BCUT2D eigenvalue weighted by atomic mass is 10.2. The van der Waals surface area contributed by atoms with Crippen molar-refractivity contribution < 1.29 is 0 Å². The second-order valence-electron chi connectivity index (χ2n) is 4.62. The molecular weight excluding hydrogens is 304 g/mol. The molecule has 0 aliphatic heterocycles. The standard InChI is InChI=1S/C14H19BrN4/c1-5-16-7-12-6-13(15)8-17-14(12)19-11(4)9(2)10(3)18-19/h6,8,16H,5,7H2,1-4H3. The number of hydrogen-bond donors (Lipinski definition) is 1. The molecule has 1 N–H and O–H groups in total. The number of nitrogens with one attached hydrogen (secondary N) is 1. The summed E-state index contributed by atoms with van der Waals surface area (Å²) in [6, 6.07) is 2.09. The molecule has 0 aliphatic carbocycles. The molecule has 2 rings (SSSR count). The minimum atomic E-state index is 0.787. The van der Waals surface area contributed by atoms with E-state index < -0.39 is 0 Å². The molecule has 0 radical (unpaired) electrons. The molecule has 0 aliphatic rings. The van der Waals surface area contributed by atoms with Crippen LogP contribution in [0, 0.1) is 20.8 Å². The fourth-order valence-corrected chi connectivity index (χ4v) is 2.36. The molecule has 0 bridgehead atoms. The zero-order chi connectivity index (χ0) is 14.0. The van der Waals surface area contributed by atoms with Gasteiger partial charge in [0.1, 0.15) is 0 Å². The fraction of sp³-hybridized carbons (Fsp3) is 0.429. The van der Waals surface area contributed by atoms with Crippen molar-refractivity contribution in [2.75, 3.05) is 6.54 Å². The summed E-state index contributed by atoms with van der Waals surface area (Å²) < 4.78 is 2.92. The topological polar surface area (TPSA) is 42.7 Å². The van der Waals surface area contributed by atoms with Gasteiger partial charge in [-0.05, 0) is 54.9 Å². The Labute approximate surface area is 122 Å². The molecule has 0 amide bonds. The van der Waals surface area contributed by atoms with Crippen molar-refractivity contribution in [1.29, 1.82) is 0 Å². The molecule has 2 heterocycles. The lowest BCUT2D eigenvalue weighted by Gasteiger charge is -2.11. The molecular formula is C14H19BrN4. The summed E-state index contributed by atoms with van der Waals surface area (Å²) in [7, 11) is 0. The van der Waals surface area contributed by atoms with Crippen molar-refractivity contribution in [1.82, 2.24) is 20.1 Å². The maximum Gasteiger partial charge on any atom is 0.158 e. The van der Waals surface area contributed by atoms with Crippen molar-refractivity contribution >= 4 is 15.9 Å². The number of hydrogen-bond acceptors (Lipinski definition) is 3. The third-order valence-electron chi connectivity index (χ3n) is 3.33. The SMILES string of the molecule is CCNCc1cc(Br)cnc1-n1nc(C)c(C)c1C. The van der Waals surface area contributed by atoms with Crippen LogP contribution in [0.25, 0.3) is 5.82 Å². The highest BCUT2D eigenvalue weighted by molar-refractivity contribution is 9.10. The molecule has 0 aromatic carbocycles. The Bertz CT molecular complexity index is 589. The van der Waals surface area contributed by atoms with Crippen LogP contribution in [0.2, 0.25) is 0 Å². The average Bonchev–Trinajstić information content (AvgIpc) is 2.64. The zero-order valence-corrected chi connectivity index (χ0v) is 13.4. The smallest absolute Gasteiger partial charge is 0.158 e. The number of halogens is 1. The third kappa shape index (κ3) is 2.87. The quantitative estimate of drug-likeness (QED) is 0.940. The van der Waals surface area contributed by atoms with E-state index in [0.29, 0.717) is 0 Å². The van der Waals surface area contributed by atoms with Crippen LogP contribution >= 0.6 is 15.9 Å². The molecule has 0 unspecified atom stereocenters. The van der Waals surface area contributed by atoms with Gasteiger partial charge in [-0.2, -0.15) is 5.10 Å². The van der Waals surface area contributed by atoms with Gasteiger partial charge < -0.3 is 5.32 Å². The van der Waals surface area contributed by atoms with Gasteiger partial charge >= 0.3 is 0 Å². The van der Waals surface area contributed by atoms with Gasteiger partial charge in [-0.1, -0.05) is 6.92 Å². The van der Waals surface area contributed by atoms with Gasteiger partial charge in [-0.25, -0.2) is 9.67 Å². The van der Waals surface area contributed by atoms with Crippen molar-refractivity contribution in [2.45, 2.75) is 34.2 Å². The van der Waals surface area contributed by atoms with Crippen molar-refractivity contribution in [2.24, 2.45) is 0 Å². The monoisotopic (exact) mass is 322 g/mol. The van der Waals surface area contributed by atoms with E-state index in [2.05, 4.69) is 58.2 Å². The Balaban J connectivity index is 2.51. The summed E-state index contributed by atoms with van der Waals surface area (Å²) in [5, 5.41) is 7.93. The van der Waals surface area contributed by atoms with Crippen LogP contribution < -0.4 is 5.32 Å². The van der Waals surface area contributed by atoms with E-state index in [4.69, 9.17) is 0 Å². The highest BCUT2D eigenvalue weighted by atomic mass is 79.9. The molecule has 102 valence electrons. The Morgan fingerprint density at radius 3 is 2.63 bits per heavy atom. The van der Waals surface area contributed by atoms with E-state index in [1.165, 1.54) is 5.56 Å². The zero-order valence-electron chi connectivity index (χ0n) is 11.8. The van der Waals surface area contributed by atoms with Crippen molar-refractivity contribution in [3.05, 3.63) is 39.3 Å². The first kappa shape index (κ1) is 14.2. The predicted octanol–water partition coefficient (Wildman–Crippen LogP) is 3.06. The van der Waals surface area contributed by atoms with Gasteiger partial charge in [0.2, 0.25) is 0 Å². The van der Waals surface area contributed by atoms with E-state index >= 15 is 0 Å². The molecule has 0 fully saturated rings. The first-order valence-corrected chi connectivity index (χ1v) is 7.22. The average molecular weight is 323 g/mol. The maximum atomic E-state index is 4.59. The number of aromatic nitrogens is 3. The first-order valence-electron chi connectivity index (χ1n) is 6.43. The second-order valence-corrected chi connectivity index (χ2v) is 5.54. The Hall–Kier alpha value is -1.20. The number of rotatable bonds is 4. The van der Waals surface area contributed by atoms with E-state index in [1.807, 2.05) is 17.8 Å². The Morgan fingerprint density at radius 1 is 1.32 bits per heavy atom. The normalized spacial score (nSPS) is 11.0. The summed E-state index contributed by atoms with van der Waals surface area (Å²) >= 11 is 3.48. The van der Waals surface area contributed by atoms with E-state index in [-0.39, 0.29) is 0 Å². The molecule has 0 saturated heterocycles. The van der Waals surface area contributed by atoms with Crippen LogP contribution in [0.1, 0.15) is 29.4 Å². The summed E-state index contributed by atoms with van der Waals surface area (Å²) in [6.45, 7) is 10.0. The molecule has 0 atom stereocenters. The van der Waals surface area contributed by atoms with Gasteiger partial charge in [-0.15, -0.1) is 0 Å². The van der Waals surface area contributed by atoms with E-state index in [9.17, 15) is 0 Å². The van der Waals surface area contributed by atoms with Crippen molar-refractivity contribution in [3.63, 3.8) is 0 Å². The van der Waals surface area contributed by atoms with Gasteiger partial charge in [0.05, 0.1) is 5.69 Å². The molecule has 5 heteroatoms. The number of aryl methyl sites for hydroxylation is 1. The molecule has 0 spiro atoms. The molecule has 0 saturated carbocycles. The van der Waals surface area contributed by atoms with Crippen LogP contribution in [0.4, 0.5) is 0 Å². The van der Waals surface area contributed by atoms with Crippen LogP contribution in [0.15, 0.2) is 16.7 Å². The van der Waals surface area contributed by atoms with E-state index in [1.54, 1.807) is 0 Å². The Morgan fingerprint density at radius 2 is 2.05 bits per heavy atom. The summed E-state index contributed by atoms with van der Waals surface area (Å²) in [6.07, 6.45) is 1.82. The summed E-state index contributed by atoms with van der Waals surface area (Å²) in [4.78, 5) is 4.53. The Kier molecular flexibility index (Phi) is 4.37. The van der Waals surface area contributed by atoms with Crippen LogP contribution in [-0.4, -0.2) is 21.3 Å². The summed E-state index contributed by atoms with van der Waals surface area (Å²) in [5.74, 6) is 0.901. The van der Waals surface area contributed by atoms with Crippen LogP contribution in [0.3, 0.4) is 0 Å². The molecule has 2 aromatic rings. The van der Waals surface area contributed by atoms with E-state index in [0.717, 1.165) is 40.3 Å². The fourth-order valence-electron chi connectivity index (χ4n) is 1.98. The number of pyridine rings is 1. The van der Waals surface area contributed by atoms with Crippen LogP contribution in [0.5, 0.6) is 0 Å². The van der Waals surface area contributed by atoms with Gasteiger partial charge in [0, 0.05) is 28.5 Å². The minimum absolute atomic E-state index is 0.787. The van der Waals surface area contributed by atoms with Crippen molar-refractivity contribution in [3.8, 4) is 5.82 Å². The highest BCUT2D eigenvalue weighted by Gasteiger charge is 2.13. The first-order chi connectivity index (χ1) is 9.04.